The standard InChI is InChI=1S/C23H27N5O3/c1-23(2,3)31-22(30)27(17-9-10-17)20-12-19(15-7-6-8-18(11-15)26(4)5)25-21-16(14-29)13-24-28(20)21/h6-8,11-14,17H,9-10H2,1-5H3. The molecule has 0 radical (unpaired) electrons. The first-order valence-corrected chi connectivity index (χ1v) is 10.3. The van der Waals surface area contributed by atoms with Crippen LogP contribution in [0.1, 0.15) is 44.0 Å². The van der Waals surface area contributed by atoms with Crippen molar-refractivity contribution in [2.45, 2.75) is 45.3 Å². The number of carbonyl (C=O) groups is 2. The third-order valence-corrected chi connectivity index (χ3v) is 5.01. The predicted octanol–water partition coefficient (Wildman–Crippen LogP) is 4.18. The average molecular weight is 422 g/mol. The number of carbonyl (C=O) groups excluding carboxylic acids is 2. The minimum Gasteiger partial charge on any atom is -0.443 e. The Bertz CT molecular complexity index is 1140. The van der Waals surface area contributed by atoms with Crippen LogP contribution in [0.2, 0.25) is 0 Å². The molecule has 0 saturated heterocycles. The highest BCUT2D eigenvalue weighted by Gasteiger charge is 2.38. The van der Waals surface area contributed by atoms with E-state index in [9.17, 15) is 9.59 Å². The van der Waals surface area contributed by atoms with Crippen molar-refractivity contribution in [1.82, 2.24) is 14.6 Å². The quantitative estimate of drug-likeness (QED) is 0.575. The molecule has 162 valence electrons. The van der Waals surface area contributed by atoms with Gasteiger partial charge in [-0.25, -0.2) is 9.78 Å². The van der Waals surface area contributed by atoms with Crippen LogP contribution >= 0.6 is 0 Å². The van der Waals surface area contributed by atoms with Gasteiger partial charge in [-0.3, -0.25) is 9.69 Å². The highest BCUT2D eigenvalue weighted by molar-refractivity contribution is 5.91. The molecule has 1 saturated carbocycles. The maximum atomic E-state index is 13.1. The van der Waals surface area contributed by atoms with Gasteiger partial charge in [0.05, 0.1) is 17.5 Å². The van der Waals surface area contributed by atoms with Crippen molar-refractivity contribution in [2.75, 3.05) is 23.9 Å². The Kier molecular flexibility index (Phi) is 5.16. The summed E-state index contributed by atoms with van der Waals surface area (Å²) < 4.78 is 7.23. The van der Waals surface area contributed by atoms with Crippen LogP contribution in [0.5, 0.6) is 0 Å². The van der Waals surface area contributed by atoms with E-state index in [-0.39, 0.29) is 6.04 Å². The van der Waals surface area contributed by atoms with E-state index in [0.717, 1.165) is 30.4 Å². The van der Waals surface area contributed by atoms with Gasteiger partial charge < -0.3 is 9.64 Å². The Morgan fingerprint density at radius 2 is 1.97 bits per heavy atom. The van der Waals surface area contributed by atoms with Crippen LogP contribution in [0.15, 0.2) is 36.5 Å². The molecule has 1 aliphatic carbocycles. The third kappa shape index (κ3) is 4.23. The maximum Gasteiger partial charge on any atom is 0.416 e. The molecule has 1 aliphatic rings. The number of aldehydes is 1. The molecule has 31 heavy (non-hydrogen) atoms. The lowest BCUT2D eigenvalue weighted by Crippen LogP contribution is -2.39. The zero-order valence-corrected chi connectivity index (χ0v) is 18.5. The number of benzene rings is 1. The topological polar surface area (TPSA) is 80.0 Å². The van der Waals surface area contributed by atoms with Crippen LogP contribution in [-0.4, -0.2) is 52.7 Å². The lowest BCUT2D eigenvalue weighted by molar-refractivity contribution is 0.0576. The predicted molar refractivity (Wildman–Crippen MR) is 120 cm³/mol. The van der Waals surface area contributed by atoms with Gasteiger partial charge in [-0.05, 0) is 45.7 Å². The molecular formula is C23H27N5O3. The zero-order chi connectivity index (χ0) is 22.3. The number of ether oxygens (including phenoxy) is 1. The van der Waals surface area contributed by atoms with Gasteiger partial charge in [-0.15, -0.1) is 0 Å². The van der Waals surface area contributed by atoms with Crippen molar-refractivity contribution in [2.24, 2.45) is 0 Å². The zero-order valence-electron chi connectivity index (χ0n) is 18.5. The number of hydrogen-bond donors (Lipinski definition) is 0. The molecule has 0 atom stereocenters. The van der Waals surface area contributed by atoms with E-state index in [1.807, 2.05) is 70.1 Å². The van der Waals surface area contributed by atoms with Crippen molar-refractivity contribution in [3.8, 4) is 11.3 Å². The molecule has 0 spiro atoms. The van der Waals surface area contributed by atoms with Crippen molar-refractivity contribution >= 4 is 29.5 Å². The molecule has 0 aliphatic heterocycles. The number of nitrogens with zero attached hydrogens (tertiary/aromatic N) is 5. The van der Waals surface area contributed by atoms with Crippen molar-refractivity contribution < 1.29 is 14.3 Å². The Balaban J connectivity index is 1.90. The fourth-order valence-electron chi connectivity index (χ4n) is 3.38. The fraction of sp³-hybridized carbons (Fsp3) is 0.391. The molecule has 4 rings (SSSR count). The van der Waals surface area contributed by atoms with Gasteiger partial charge in [0.1, 0.15) is 11.4 Å². The molecule has 1 aromatic carbocycles. The summed E-state index contributed by atoms with van der Waals surface area (Å²) in [7, 11) is 3.94. The van der Waals surface area contributed by atoms with E-state index in [0.29, 0.717) is 22.7 Å². The number of rotatable bonds is 5. The van der Waals surface area contributed by atoms with Gasteiger partial charge >= 0.3 is 6.09 Å². The highest BCUT2D eigenvalue weighted by Crippen LogP contribution is 2.35. The second-order valence-corrected chi connectivity index (χ2v) is 8.98. The monoisotopic (exact) mass is 421 g/mol. The van der Waals surface area contributed by atoms with E-state index in [4.69, 9.17) is 9.72 Å². The van der Waals surface area contributed by atoms with Crippen LogP contribution < -0.4 is 9.80 Å². The van der Waals surface area contributed by atoms with E-state index in [1.165, 1.54) is 6.20 Å². The summed E-state index contributed by atoms with van der Waals surface area (Å²) in [4.78, 5) is 33.1. The molecule has 1 amide bonds. The third-order valence-electron chi connectivity index (χ3n) is 5.01. The molecule has 3 aromatic rings. The van der Waals surface area contributed by atoms with Crippen LogP contribution in [0.3, 0.4) is 0 Å². The van der Waals surface area contributed by atoms with Gasteiger partial charge in [-0.1, -0.05) is 12.1 Å². The number of anilines is 2. The van der Waals surface area contributed by atoms with Crippen molar-refractivity contribution in [1.29, 1.82) is 0 Å². The summed E-state index contributed by atoms with van der Waals surface area (Å²) >= 11 is 0. The normalized spacial score (nSPS) is 13.8. The Labute approximate surface area is 181 Å². The van der Waals surface area contributed by atoms with Gasteiger partial charge in [0.25, 0.3) is 0 Å². The summed E-state index contributed by atoms with van der Waals surface area (Å²) in [5, 5.41) is 4.35. The van der Waals surface area contributed by atoms with Crippen LogP contribution in [-0.2, 0) is 4.74 Å². The molecule has 1 fully saturated rings. The van der Waals surface area contributed by atoms with Crippen molar-refractivity contribution in [3.63, 3.8) is 0 Å². The molecule has 8 heteroatoms. The van der Waals surface area contributed by atoms with E-state index < -0.39 is 11.7 Å². The summed E-state index contributed by atoms with van der Waals surface area (Å²) in [5.74, 6) is 0.542. The Morgan fingerprint density at radius 1 is 1.23 bits per heavy atom. The van der Waals surface area contributed by atoms with E-state index in [1.54, 1.807) is 9.42 Å². The number of amides is 1. The lowest BCUT2D eigenvalue weighted by Gasteiger charge is -2.27. The average Bonchev–Trinajstić information content (AvgIpc) is 3.44. The van der Waals surface area contributed by atoms with E-state index >= 15 is 0 Å². The van der Waals surface area contributed by atoms with Crippen LogP contribution in [0.4, 0.5) is 16.3 Å². The van der Waals surface area contributed by atoms with Gasteiger partial charge in [0, 0.05) is 37.5 Å². The molecule has 8 nitrogen and oxygen atoms in total. The molecule has 2 aromatic heterocycles. The highest BCUT2D eigenvalue weighted by atomic mass is 16.6. The SMILES string of the molecule is CN(C)c1cccc(-c2cc(N(C(=O)OC(C)(C)C)C3CC3)n3ncc(C=O)c3n2)c1. The lowest BCUT2D eigenvalue weighted by atomic mass is 10.1. The van der Waals surface area contributed by atoms with E-state index in [2.05, 4.69) is 5.10 Å². The first-order valence-electron chi connectivity index (χ1n) is 10.3. The Hall–Kier alpha value is -3.42. The van der Waals surface area contributed by atoms with Crippen LogP contribution in [0.25, 0.3) is 16.9 Å². The van der Waals surface area contributed by atoms with Gasteiger partial charge in [0.15, 0.2) is 11.9 Å². The molecule has 0 bridgehead atoms. The smallest absolute Gasteiger partial charge is 0.416 e. The summed E-state index contributed by atoms with van der Waals surface area (Å²) in [5.41, 5.74) is 2.71. The minimum absolute atomic E-state index is 0.0327. The van der Waals surface area contributed by atoms with Gasteiger partial charge in [-0.2, -0.15) is 9.61 Å². The molecule has 0 N–H and O–H groups in total. The largest absolute Gasteiger partial charge is 0.443 e. The number of aromatic nitrogens is 3. The second kappa shape index (κ2) is 7.68. The van der Waals surface area contributed by atoms with Crippen LogP contribution in [0, 0.1) is 0 Å². The Morgan fingerprint density at radius 3 is 2.58 bits per heavy atom. The summed E-state index contributed by atoms with van der Waals surface area (Å²) in [6, 6.07) is 9.82. The molecule has 0 unspecified atom stereocenters. The minimum atomic E-state index is -0.628. The van der Waals surface area contributed by atoms with Crippen molar-refractivity contribution in [3.05, 3.63) is 42.1 Å². The first kappa shape index (κ1) is 20.8. The first-order chi connectivity index (χ1) is 14.7. The number of fused-ring (bicyclic) bond motifs is 1. The number of hydrogen-bond acceptors (Lipinski definition) is 6. The summed E-state index contributed by atoms with van der Waals surface area (Å²) in [6.45, 7) is 5.53. The maximum absolute atomic E-state index is 13.1. The van der Waals surface area contributed by atoms with Gasteiger partial charge in [0.2, 0.25) is 0 Å². The summed E-state index contributed by atoms with van der Waals surface area (Å²) in [6.07, 6.45) is 3.54. The molecular weight excluding hydrogens is 394 g/mol. The second-order valence-electron chi connectivity index (χ2n) is 8.98. The molecule has 2 heterocycles. The fourth-order valence-corrected chi connectivity index (χ4v) is 3.38.